The van der Waals surface area contributed by atoms with Crippen molar-refractivity contribution in [3.63, 3.8) is 0 Å². The molecule has 0 amide bonds. The molecule has 0 saturated heterocycles. The van der Waals surface area contributed by atoms with E-state index >= 15 is 0 Å². The summed E-state index contributed by atoms with van der Waals surface area (Å²) in [7, 11) is 0. The van der Waals surface area contributed by atoms with Gasteiger partial charge in [-0.1, -0.05) is 17.7 Å². The molecule has 2 aromatic rings. The first-order chi connectivity index (χ1) is 8.83. The molecule has 0 fully saturated rings. The van der Waals surface area contributed by atoms with Crippen LogP contribution in [0.1, 0.15) is 17.5 Å². The molecule has 0 saturated carbocycles. The molecule has 18 heavy (non-hydrogen) atoms. The van der Waals surface area contributed by atoms with Crippen LogP contribution in [0.2, 0.25) is 0 Å². The summed E-state index contributed by atoms with van der Waals surface area (Å²) >= 11 is 0. The van der Waals surface area contributed by atoms with Crippen molar-refractivity contribution in [1.82, 2.24) is 9.55 Å². The van der Waals surface area contributed by atoms with Gasteiger partial charge in [0.1, 0.15) is 0 Å². The van der Waals surface area contributed by atoms with Gasteiger partial charge in [0.05, 0.1) is 6.33 Å². The zero-order chi connectivity index (χ0) is 12.4. The van der Waals surface area contributed by atoms with Crippen molar-refractivity contribution in [2.45, 2.75) is 26.3 Å². The number of fused-ring (bicyclic) bond motifs is 1. The van der Waals surface area contributed by atoms with Crippen LogP contribution >= 0.6 is 0 Å². The van der Waals surface area contributed by atoms with Crippen LogP contribution in [-0.2, 0) is 13.0 Å². The maximum atomic E-state index is 4.07. The van der Waals surface area contributed by atoms with Gasteiger partial charge in [-0.15, -0.1) is 0 Å². The summed E-state index contributed by atoms with van der Waals surface area (Å²) in [6.07, 6.45) is 8.13. The zero-order valence-corrected chi connectivity index (χ0v) is 10.8. The molecule has 3 nitrogen and oxygen atoms in total. The van der Waals surface area contributed by atoms with E-state index in [-0.39, 0.29) is 0 Å². The Morgan fingerprint density at radius 1 is 1.28 bits per heavy atom. The fraction of sp³-hybridized carbons (Fsp3) is 0.400. The molecule has 1 aliphatic heterocycles. The van der Waals surface area contributed by atoms with Gasteiger partial charge in [0.2, 0.25) is 0 Å². The smallest absolute Gasteiger partial charge is 0.0945 e. The highest BCUT2D eigenvalue weighted by atomic mass is 15.1. The van der Waals surface area contributed by atoms with E-state index in [9.17, 15) is 0 Å². The van der Waals surface area contributed by atoms with E-state index in [2.05, 4.69) is 39.6 Å². The monoisotopic (exact) mass is 241 g/mol. The lowest BCUT2D eigenvalue weighted by Gasteiger charge is -2.19. The minimum absolute atomic E-state index is 1.05. The zero-order valence-electron chi connectivity index (χ0n) is 10.8. The van der Waals surface area contributed by atoms with Crippen LogP contribution in [0.5, 0.6) is 0 Å². The Morgan fingerprint density at radius 2 is 2.22 bits per heavy atom. The normalized spacial score (nSPS) is 13.9. The summed E-state index contributed by atoms with van der Waals surface area (Å²) in [5, 5.41) is 0. The number of aryl methyl sites for hydroxylation is 2. The van der Waals surface area contributed by atoms with E-state index in [4.69, 9.17) is 0 Å². The largest absolute Gasteiger partial charge is 0.371 e. The van der Waals surface area contributed by atoms with Gasteiger partial charge in [-0.3, -0.25) is 0 Å². The van der Waals surface area contributed by atoms with Crippen LogP contribution in [0, 0.1) is 6.92 Å². The summed E-state index contributed by atoms with van der Waals surface area (Å²) in [5.41, 5.74) is 4.32. The standard InChI is InChI=1S/C15H19N3/c1-13-3-4-15-14(11-13)5-9-18(15)8-2-7-17-10-6-16-12-17/h3-4,6,10-12H,2,5,7-9H2,1H3. The quantitative estimate of drug-likeness (QED) is 0.820. The van der Waals surface area contributed by atoms with Crippen molar-refractivity contribution in [2.75, 3.05) is 18.0 Å². The molecule has 3 heteroatoms. The van der Waals surface area contributed by atoms with Crippen LogP contribution in [0.15, 0.2) is 36.9 Å². The molecule has 1 aromatic carbocycles. The van der Waals surface area contributed by atoms with Crippen molar-refractivity contribution in [3.8, 4) is 0 Å². The van der Waals surface area contributed by atoms with Crippen molar-refractivity contribution in [1.29, 1.82) is 0 Å². The Balaban J connectivity index is 1.59. The number of nitrogens with zero attached hydrogens (tertiary/aromatic N) is 3. The third kappa shape index (κ3) is 2.26. The summed E-state index contributed by atoms with van der Waals surface area (Å²) in [4.78, 5) is 6.57. The van der Waals surface area contributed by atoms with Gasteiger partial charge >= 0.3 is 0 Å². The Hall–Kier alpha value is -1.77. The summed E-state index contributed by atoms with van der Waals surface area (Å²) in [5.74, 6) is 0. The lowest BCUT2D eigenvalue weighted by Crippen LogP contribution is -2.22. The first-order valence-electron chi connectivity index (χ1n) is 6.63. The number of aromatic nitrogens is 2. The predicted molar refractivity (Wildman–Crippen MR) is 73.9 cm³/mol. The molecule has 1 aliphatic rings. The summed E-state index contributed by atoms with van der Waals surface area (Å²) in [6.45, 7) is 5.52. The van der Waals surface area contributed by atoms with Crippen LogP contribution in [0.25, 0.3) is 0 Å². The molecule has 3 rings (SSSR count). The van der Waals surface area contributed by atoms with E-state index in [1.807, 2.05) is 18.7 Å². The van der Waals surface area contributed by atoms with E-state index in [0.717, 1.165) is 13.1 Å². The third-order valence-electron chi connectivity index (χ3n) is 3.63. The molecule has 0 N–H and O–H groups in total. The molecule has 1 aromatic heterocycles. The Kier molecular flexibility index (Phi) is 3.05. The highest BCUT2D eigenvalue weighted by molar-refractivity contribution is 5.58. The van der Waals surface area contributed by atoms with Gasteiger partial charge in [0, 0.05) is 37.7 Å². The lowest BCUT2D eigenvalue weighted by atomic mass is 10.1. The highest BCUT2D eigenvalue weighted by Crippen LogP contribution is 2.28. The van der Waals surface area contributed by atoms with Gasteiger partial charge in [0.15, 0.2) is 0 Å². The number of hydrogen-bond acceptors (Lipinski definition) is 2. The number of anilines is 1. The Bertz CT molecular complexity index is 517. The molecule has 0 spiro atoms. The van der Waals surface area contributed by atoms with E-state index in [1.54, 1.807) is 0 Å². The van der Waals surface area contributed by atoms with Gasteiger partial charge in [-0.2, -0.15) is 0 Å². The number of benzene rings is 1. The second-order valence-electron chi connectivity index (χ2n) is 5.02. The predicted octanol–water partition coefficient (Wildman–Crippen LogP) is 2.64. The second-order valence-corrected chi connectivity index (χ2v) is 5.02. The second kappa shape index (κ2) is 4.84. The first kappa shape index (κ1) is 11.3. The first-order valence-corrected chi connectivity index (χ1v) is 6.63. The minimum atomic E-state index is 1.05. The Morgan fingerprint density at radius 3 is 3.06 bits per heavy atom. The number of hydrogen-bond donors (Lipinski definition) is 0. The van der Waals surface area contributed by atoms with E-state index < -0.39 is 0 Å². The van der Waals surface area contributed by atoms with Crippen LogP contribution in [0.3, 0.4) is 0 Å². The fourth-order valence-corrected chi connectivity index (χ4v) is 2.69. The lowest BCUT2D eigenvalue weighted by molar-refractivity contribution is 0.629. The molecule has 2 heterocycles. The average Bonchev–Trinajstić information content (AvgIpc) is 2.99. The summed E-state index contributed by atoms with van der Waals surface area (Å²) < 4.78 is 2.14. The molecule has 0 atom stereocenters. The van der Waals surface area contributed by atoms with Crippen molar-refractivity contribution in [2.24, 2.45) is 0 Å². The Labute approximate surface area is 108 Å². The minimum Gasteiger partial charge on any atom is -0.371 e. The van der Waals surface area contributed by atoms with Crippen molar-refractivity contribution in [3.05, 3.63) is 48.0 Å². The van der Waals surface area contributed by atoms with Crippen molar-refractivity contribution >= 4 is 5.69 Å². The van der Waals surface area contributed by atoms with Crippen molar-refractivity contribution < 1.29 is 0 Å². The number of imidazole rings is 1. The van der Waals surface area contributed by atoms with Crippen LogP contribution < -0.4 is 4.90 Å². The highest BCUT2D eigenvalue weighted by Gasteiger charge is 2.17. The topological polar surface area (TPSA) is 21.1 Å². The molecule has 0 unspecified atom stereocenters. The molecular formula is C15H19N3. The maximum Gasteiger partial charge on any atom is 0.0945 e. The fourth-order valence-electron chi connectivity index (χ4n) is 2.69. The van der Waals surface area contributed by atoms with Crippen LogP contribution in [0.4, 0.5) is 5.69 Å². The SMILES string of the molecule is Cc1ccc2c(c1)CCN2CCCn1ccnc1. The average molecular weight is 241 g/mol. The summed E-state index contributed by atoms with van der Waals surface area (Å²) in [6, 6.07) is 6.81. The van der Waals surface area contributed by atoms with Gasteiger partial charge in [-0.25, -0.2) is 4.98 Å². The molecule has 0 bridgehead atoms. The van der Waals surface area contributed by atoms with E-state index in [1.165, 1.54) is 36.2 Å². The van der Waals surface area contributed by atoms with Gasteiger partial charge in [-0.05, 0) is 31.4 Å². The van der Waals surface area contributed by atoms with Crippen LogP contribution in [-0.4, -0.2) is 22.6 Å². The van der Waals surface area contributed by atoms with Gasteiger partial charge < -0.3 is 9.47 Å². The van der Waals surface area contributed by atoms with Gasteiger partial charge in [0.25, 0.3) is 0 Å². The molecular weight excluding hydrogens is 222 g/mol. The van der Waals surface area contributed by atoms with E-state index in [0.29, 0.717) is 0 Å². The third-order valence-corrected chi connectivity index (χ3v) is 3.63. The molecule has 94 valence electrons. The molecule has 0 radical (unpaired) electrons. The maximum absolute atomic E-state index is 4.07. The number of rotatable bonds is 4. The molecule has 0 aliphatic carbocycles.